The number of rotatable bonds is 3. The van der Waals surface area contributed by atoms with Gasteiger partial charge in [0, 0.05) is 17.5 Å². The van der Waals surface area contributed by atoms with Gasteiger partial charge in [-0.2, -0.15) is 5.10 Å². The summed E-state index contributed by atoms with van der Waals surface area (Å²) in [6.45, 7) is 4.08. The largest absolute Gasteiger partial charge is 0.461 e. The lowest BCUT2D eigenvalue weighted by Crippen LogP contribution is -2.45. The summed E-state index contributed by atoms with van der Waals surface area (Å²) in [6, 6.07) is 23.9. The minimum atomic E-state index is -0.763. The number of hydrazone groups is 1. The maximum Gasteiger partial charge on any atom is 0.251 e. The molecule has 0 aliphatic carbocycles. The fourth-order valence-corrected chi connectivity index (χ4v) is 3.99. The summed E-state index contributed by atoms with van der Waals surface area (Å²) in [4.78, 5) is 13.3. The van der Waals surface area contributed by atoms with Crippen LogP contribution >= 0.6 is 0 Å². The number of nitrogens with zero attached hydrogens (tertiary/aromatic N) is 2. The van der Waals surface area contributed by atoms with E-state index >= 15 is 0 Å². The molecule has 0 saturated heterocycles. The highest BCUT2D eigenvalue weighted by molar-refractivity contribution is 6.03. The smallest absolute Gasteiger partial charge is 0.251 e. The summed E-state index contributed by atoms with van der Waals surface area (Å²) in [5, 5.41) is 6.71. The van der Waals surface area contributed by atoms with Gasteiger partial charge in [-0.3, -0.25) is 4.79 Å². The van der Waals surface area contributed by atoms with Gasteiger partial charge in [0.05, 0.1) is 11.8 Å². The number of carbonyl (C=O) groups is 1. The highest BCUT2D eigenvalue weighted by Gasteiger charge is 2.43. The number of fused-ring (bicyclic) bond motifs is 3. The van der Waals surface area contributed by atoms with Gasteiger partial charge in [-0.1, -0.05) is 77.9 Å². The van der Waals surface area contributed by atoms with Crippen molar-refractivity contribution in [2.75, 3.05) is 0 Å². The van der Waals surface area contributed by atoms with Crippen LogP contribution in [0.1, 0.15) is 45.1 Å². The maximum atomic E-state index is 13.3. The molecular formula is C25H22N2O2. The molecule has 144 valence electrons. The number of hydrogen-bond donors (Lipinski definition) is 0. The normalized spacial score (nSPS) is 19.8. The number of hydrogen-bond acceptors (Lipinski definition) is 4. The first-order valence-corrected chi connectivity index (χ1v) is 9.89. The second kappa shape index (κ2) is 6.89. The minimum absolute atomic E-state index is 0.00403. The fourth-order valence-electron chi connectivity index (χ4n) is 3.99. The third-order valence-corrected chi connectivity index (χ3v) is 5.64. The molecule has 2 atom stereocenters. The molecule has 0 fully saturated rings. The van der Waals surface area contributed by atoms with Crippen LogP contribution in [0.25, 0.3) is 0 Å². The molecule has 0 saturated carbocycles. The number of aryl methyl sites for hydroxylation is 2. The SMILES string of the molecule is Cc1ccc(C(=O)[C@H]2Oc3ccccc3[C@H]3CC(c4ccc(C)cc4)=NN23)cc1. The van der Waals surface area contributed by atoms with Crippen molar-refractivity contribution in [2.45, 2.75) is 32.5 Å². The van der Waals surface area contributed by atoms with E-state index in [1.54, 1.807) is 0 Å². The Morgan fingerprint density at radius 2 is 1.59 bits per heavy atom. The molecule has 3 aromatic carbocycles. The Kier molecular flexibility index (Phi) is 4.20. The molecule has 5 rings (SSSR count). The number of benzene rings is 3. The highest BCUT2D eigenvalue weighted by Crippen LogP contribution is 2.43. The van der Waals surface area contributed by atoms with Crippen molar-refractivity contribution in [3.05, 3.63) is 101 Å². The fraction of sp³-hybridized carbons (Fsp3) is 0.200. The molecule has 0 aromatic heterocycles. The van der Waals surface area contributed by atoms with E-state index in [0.29, 0.717) is 5.56 Å². The predicted octanol–water partition coefficient (Wildman–Crippen LogP) is 5.06. The summed E-state index contributed by atoms with van der Waals surface area (Å²) < 4.78 is 6.16. The van der Waals surface area contributed by atoms with E-state index in [9.17, 15) is 4.79 Å². The van der Waals surface area contributed by atoms with Crippen molar-refractivity contribution in [2.24, 2.45) is 5.10 Å². The van der Waals surface area contributed by atoms with Crippen molar-refractivity contribution in [3.8, 4) is 5.75 Å². The van der Waals surface area contributed by atoms with Crippen LogP contribution in [0.4, 0.5) is 0 Å². The molecule has 3 aromatic rings. The monoisotopic (exact) mass is 382 g/mol. The van der Waals surface area contributed by atoms with Crippen molar-refractivity contribution in [3.63, 3.8) is 0 Å². The van der Waals surface area contributed by atoms with E-state index in [-0.39, 0.29) is 11.8 Å². The van der Waals surface area contributed by atoms with Gasteiger partial charge in [0.25, 0.3) is 6.23 Å². The van der Waals surface area contributed by atoms with Crippen LogP contribution in [0, 0.1) is 13.8 Å². The average Bonchev–Trinajstić information content (AvgIpc) is 3.19. The summed E-state index contributed by atoms with van der Waals surface area (Å²) in [5.41, 5.74) is 6.12. The highest BCUT2D eigenvalue weighted by atomic mass is 16.5. The van der Waals surface area contributed by atoms with Gasteiger partial charge < -0.3 is 4.74 Å². The first-order chi connectivity index (χ1) is 14.1. The van der Waals surface area contributed by atoms with Crippen LogP contribution in [0.3, 0.4) is 0 Å². The molecule has 0 bridgehead atoms. The van der Waals surface area contributed by atoms with Crippen LogP contribution in [0.15, 0.2) is 77.9 Å². The Bertz CT molecular complexity index is 1100. The number of Topliss-reactive ketones (excluding diaryl/α,β-unsaturated/α-hetero) is 1. The molecule has 4 heteroatoms. The standard InChI is InChI=1S/C25H22N2O2/c1-16-7-11-18(12-8-16)21-15-22-20-5-3-4-6-23(20)29-25(27(22)26-21)24(28)19-13-9-17(2)10-14-19/h3-14,22,25H,15H2,1-2H3/t22-,25-/m1/s1. The lowest BCUT2D eigenvalue weighted by Gasteiger charge is -2.37. The lowest BCUT2D eigenvalue weighted by atomic mass is 9.95. The van der Waals surface area contributed by atoms with Gasteiger partial charge >= 0.3 is 0 Å². The Labute approximate surface area is 170 Å². The van der Waals surface area contributed by atoms with Crippen LogP contribution in [-0.2, 0) is 0 Å². The molecule has 2 heterocycles. The van der Waals surface area contributed by atoms with Gasteiger partial charge in [-0.05, 0) is 25.5 Å². The molecule has 0 spiro atoms. The van der Waals surface area contributed by atoms with E-state index < -0.39 is 6.23 Å². The predicted molar refractivity (Wildman–Crippen MR) is 113 cm³/mol. The second-order valence-electron chi connectivity index (χ2n) is 7.75. The Morgan fingerprint density at radius 1 is 0.931 bits per heavy atom. The van der Waals surface area contributed by atoms with Crippen LogP contribution in [0.5, 0.6) is 5.75 Å². The topological polar surface area (TPSA) is 41.9 Å². The van der Waals surface area contributed by atoms with Gasteiger partial charge in [0.15, 0.2) is 0 Å². The van der Waals surface area contributed by atoms with E-state index in [1.807, 2.05) is 54.4 Å². The van der Waals surface area contributed by atoms with Gasteiger partial charge in [-0.15, -0.1) is 0 Å². The minimum Gasteiger partial charge on any atom is -0.461 e. The molecule has 0 radical (unpaired) electrons. The quantitative estimate of drug-likeness (QED) is 0.595. The van der Waals surface area contributed by atoms with Gasteiger partial charge in [-0.25, -0.2) is 5.01 Å². The van der Waals surface area contributed by atoms with Crippen LogP contribution < -0.4 is 4.74 Å². The Balaban J connectivity index is 1.55. The molecule has 2 aliphatic rings. The Hall–Kier alpha value is -3.40. The number of para-hydroxylation sites is 1. The molecule has 0 unspecified atom stereocenters. The van der Waals surface area contributed by atoms with E-state index in [1.165, 1.54) is 5.56 Å². The van der Waals surface area contributed by atoms with Gasteiger partial charge in [0.2, 0.25) is 5.78 Å². The van der Waals surface area contributed by atoms with E-state index in [2.05, 4.69) is 37.3 Å². The molecule has 4 nitrogen and oxygen atoms in total. The summed E-state index contributed by atoms with van der Waals surface area (Å²) in [6.07, 6.45) is -0.0123. The first-order valence-electron chi connectivity index (χ1n) is 9.89. The molecule has 29 heavy (non-hydrogen) atoms. The third-order valence-electron chi connectivity index (χ3n) is 5.64. The summed E-state index contributed by atoms with van der Waals surface area (Å²) in [7, 11) is 0. The average molecular weight is 382 g/mol. The lowest BCUT2D eigenvalue weighted by molar-refractivity contribution is -0.00455. The van der Waals surface area contributed by atoms with Crippen molar-refractivity contribution in [1.82, 2.24) is 5.01 Å². The third kappa shape index (κ3) is 3.11. The molecule has 0 amide bonds. The molecule has 0 N–H and O–H groups in total. The van der Waals surface area contributed by atoms with Crippen molar-refractivity contribution in [1.29, 1.82) is 0 Å². The van der Waals surface area contributed by atoms with Gasteiger partial charge in [0.1, 0.15) is 5.75 Å². The summed E-state index contributed by atoms with van der Waals surface area (Å²) >= 11 is 0. The number of carbonyl (C=O) groups excluding carboxylic acids is 1. The van der Waals surface area contributed by atoms with Crippen molar-refractivity contribution < 1.29 is 9.53 Å². The maximum absolute atomic E-state index is 13.3. The first kappa shape index (κ1) is 17.7. The zero-order valence-corrected chi connectivity index (χ0v) is 16.5. The number of ketones is 1. The van der Waals surface area contributed by atoms with Crippen LogP contribution in [-0.4, -0.2) is 22.7 Å². The van der Waals surface area contributed by atoms with Crippen molar-refractivity contribution >= 4 is 11.5 Å². The molecular weight excluding hydrogens is 360 g/mol. The number of ether oxygens (including phenoxy) is 1. The zero-order chi connectivity index (χ0) is 20.0. The second-order valence-corrected chi connectivity index (χ2v) is 7.75. The molecule has 2 aliphatic heterocycles. The van der Waals surface area contributed by atoms with E-state index in [0.717, 1.165) is 34.6 Å². The van der Waals surface area contributed by atoms with E-state index in [4.69, 9.17) is 9.84 Å². The Morgan fingerprint density at radius 3 is 2.31 bits per heavy atom. The summed E-state index contributed by atoms with van der Waals surface area (Å²) in [5.74, 6) is 0.693. The zero-order valence-electron chi connectivity index (χ0n) is 16.5. The van der Waals surface area contributed by atoms with Crippen LogP contribution in [0.2, 0.25) is 0 Å².